The van der Waals surface area contributed by atoms with Crippen LogP contribution in [0.1, 0.15) is 37.1 Å². The second-order valence-corrected chi connectivity index (χ2v) is 6.89. The molecule has 1 aromatic heterocycles. The number of rotatable bonds is 5. The minimum absolute atomic E-state index is 0.226. The maximum absolute atomic E-state index is 5.96. The van der Waals surface area contributed by atoms with Gasteiger partial charge in [0.05, 0.1) is 11.8 Å². The molecule has 1 heterocycles. The molecule has 2 aliphatic rings. The summed E-state index contributed by atoms with van der Waals surface area (Å²) in [6.07, 6.45) is 6.96. The summed E-state index contributed by atoms with van der Waals surface area (Å²) in [6, 6.07) is 2.36. The molecule has 0 amide bonds. The highest BCUT2D eigenvalue weighted by Crippen LogP contribution is 2.57. The second-order valence-electron chi connectivity index (χ2n) is 6.41. The maximum Gasteiger partial charge on any atom is 0.317 e. The Kier molecular flexibility index (Phi) is 4.32. The second kappa shape index (κ2) is 6.08. The monoisotopic (exact) mass is 321 g/mol. The normalized spacial score (nSPS) is 30.6. The summed E-state index contributed by atoms with van der Waals surface area (Å²) in [7, 11) is 3.63. The molecule has 1 spiro atoms. The average molecular weight is 321 g/mol. The maximum atomic E-state index is 5.96. The summed E-state index contributed by atoms with van der Waals surface area (Å²) >= 11 is 4.43. The van der Waals surface area contributed by atoms with E-state index in [0.29, 0.717) is 17.5 Å². The van der Waals surface area contributed by atoms with Gasteiger partial charge in [-0.05, 0) is 44.1 Å². The van der Waals surface area contributed by atoms with E-state index in [9.17, 15) is 0 Å². The van der Waals surface area contributed by atoms with Crippen LogP contribution in [0.4, 0.5) is 0 Å². The molecule has 0 atom stereocenters. The molecule has 2 saturated carbocycles. The van der Waals surface area contributed by atoms with Gasteiger partial charge in [0, 0.05) is 31.0 Å². The molecule has 2 fully saturated rings. The summed E-state index contributed by atoms with van der Waals surface area (Å²) in [5.41, 5.74) is 2.11. The van der Waals surface area contributed by atoms with Gasteiger partial charge in [0.2, 0.25) is 0 Å². The van der Waals surface area contributed by atoms with Gasteiger partial charge in [-0.2, -0.15) is 4.98 Å². The van der Waals surface area contributed by atoms with Gasteiger partial charge in [0.15, 0.2) is 0 Å². The van der Waals surface area contributed by atoms with Crippen LogP contribution in [0.25, 0.3) is 4.91 Å². The van der Waals surface area contributed by atoms with E-state index in [2.05, 4.69) is 27.9 Å². The zero-order valence-electron chi connectivity index (χ0n) is 13.3. The Morgan fingerprint density at radius 2 is 2.00 bits per heavy atom. The molecule has 0 radical (unpaired) electrons. The summed E-state index contributed by atoms with van der Waals surface area (Å²) in [4.78, 5) is 9.60. The predicted octanol–water partition coefficient (Wildman–Crippen LogP) is 2.57. The lowest BCUT2D eigenvalue weighted by molar-refractivity contribution is -0.144. The fourth-order valence-electron chi connectivity index (χ4n) is 3.48. The highest BCUT2D eigenvalue weighted by Gasteiger charge is 2.54. The van der Waals surface area contributed by atoms with Crippen LogP contribution >= 0.6 is 12.6 Å². The lowest BCUT2D eigenvalue weighted by Crippen LogP contribution is -2.54. The Bertz CT molecular complexity index is 577. The number of nitrogens with one attached hydrogen (secondary N) is 1. The number of nitrogens with zero attached hydrogens (tertiary/aromatic N) is 2. The molecular weight excluding hydrogens is 298 g/mol. The Labute approximate surface area is 136 Å². The first kappa shape index (κ1) is 15.6. The Balaban J connectivity index is 1.61. The topological polar surface area (TPSA) is 56.3 Å². The standard InChI is InChI=1S/C16H23N3O2S/c1-10-4-13(14(22)9-17-2)19-15(18-10)21-12-7-16(8-12)5-11(6-16)20-3/h4,9,11-12,17,22H,5-8H2,1-3H3/b14-9-. The van der Waals surface area contributed by atoms with Crippen molar-refractivity contribution < 1.29 is 9.47 Å². The molecule has 6 heteroatoms. The molecule has 0 aromatic carbocycles. The van der Waals surface area contributed by atoms with Gasteiger partial charge < -0.3 is 14.8 Å². The minimum atomic E-state index is 0.226. The van der Waals surface area contributed by atoms with Gasteiger partial charge in [-0.25, -0.2) is 4.98 Å². The van der Waals surface area contributed by atoms with Gasteiger partial charge in [-0.15, -0.1) is 12.6 Å². The van der Waals surface area contributed by atoms with E-state index in [1.807, 2.05) is 20.0 Å². The fraction of sp³-hybridized carbons (Fsp3) is 0.625. The molecule has 1 aromatic rings. The van der Waals surface area contributed by atoms with Crippen molar-refractivity contribution in [3.05, 3.63) is 23.7 Å². The molecule has 5 nitrogen and oxygen atoms in total. The highest BCUT2D eigenvalue weighted by atomic mass is 32.1. The number of ether oxygens (including phenoxy) is 2. The van der Waals surface area contributed by atoms with Crippen LogP contribution in [-0.4, -0.2) is 36.3 Å². The molecule has 3 rings (SSSR count). The van der Waals surface area contributed by atoms with E-state index in [1.165, 1.54) is 0 Å². The van der Waals surface area contributed by atoms with Gasteiger partial charge in [-0.3, -0.25) is 0 Å². The molecule has 0 aliphatic heterocycles. The van der Waals surface area contributed by atoms with E-state index >= 15 is 0 Å². The number of aromatic nitrogens is 2. The third-order valence-electron chi connectivity index (χ3n) is 4.63. The molecule has 0 unspecified atom stereocenters. The van der Waals surface area contributed by atoms with E-state index in [1.54, 1.807) is 13.3 Å². The fourth-order valence-corrected chi connectivity index (χ4v) is 3.72. The van der Waals surface area contributed by atoms with Crippen molar-refractivity contribution in [1.82, 2.24) is 15.3 Å². The zero-order valence-corrected chi connectivity index (χ0v) is 14.2. The Hall–Kier alpha value is -1.27. The smallest absolute Gasteiger partial charge is 0.317 e. The average Bonchev–Trinajstić information content (AvgIpc) is 2.39. The van der Waals surface area contributed by atoms with Gasteiger partial charge in [0.1, 0.15) is 6.10 Å². The van der Waals surface area contributed by atoms with E-state index < -0.39 is 0 Å². The van der Waals surface area contributed by atoms with Crippen molar-refractivity contribution in [2.75, 3.05) is 14.2 Å². The van der Waals surface area contributed by atoms with Gasteiger partial charge >= 0.3 is 6.01 Å². The number of thiol groups is 1. The predicted molar refractivity (Wildman–Crippen MR) is 88.9 cm³/mol. The molecular formula is C16H23N3O2S. The minimum Gasteiger partial charge on any atom is -0.460 e. The molecule has 0 saturated heterocycles. The molecule has 2 aliphatic carbocycles. The summed E-state index contributed by atoms with van der Waals surface area (Å²) in [6.45, 7) is 1.94. The van der Waals surface area contributed by atoms with Crippen LogP contribution in [-0.2, 0) is 4.74 Å². The van der Waals surface area contributed by atoms with Crippen molar-refractivity contribution in [2.45, 2.75) is 44.8 Å². The first-order valence-electron chi connectivity index (χ1n) is 7.65. The van der Waals surface area contributed by atoms with Crippen molar-refractivity contribution >= 4 is 17.5 Å². The van der Waals surface area contributed by atoms with Crippen LogP contribution in [0, 0.1) is 12.3 Å². The quantitative estimate of drug-likeness (QED) is 0.816. The summed E-state index contributed by atoms with van der Waals surface area (Å²) in [5.74, 6) is 0. The third-order valence-corrected chi connectivity index (χ3v) is 4.98. The first-order valence-corrected chi connectivity index (χ1v) is 8.10. The van der Waals surface area contributed by atoms with E-state index in [-0.39, 0.29) is 6.10 Å². The van der Waals surface area contributed by atoms with Crippen LogP contribution < -0.4 is 10.1 Å². The van der Waals surface area contributed by atoms with Crippen LogP contribution in [0.2, 0.25) is 0 Å². The molecule has 22 heavy (non-hydrogen) atoms. The number of aryl methyl sites for hydroxylation is 1. The SMILES string of the molecule is CN/C=C(\S)c1cc(C)nc(OC2CC3(CC(OC)C3)C2)n1. The van der Waals surface area contributed by atoms with Gasteiger partial charge in [0.25, 0.3) is 0 Å². The number of methoxy groups -OCH3 is 1. The Morgan fingerprint density at radius 3 is 2.64 bits per heavy atom. The van der Waals surface area contributed by atoms with Crippen LogP contribution in [0.15, 0.2) is 12.3 Å². The van der Waals surface area contributed by atoms with E-state index in [4.69, 9.17) is 9.47 Å². The largest absolute Gasteiger partial charge is 0.460 e. The summed E-state index contributed by atoms with van der Waals surface area (Å²) < 4.78 is 11.3. The first-order chi connectivity index (χ1) is 10.5. The van der Waals surface area contributed by atoms with Crippen molar-refractivity contribution in [2.24, 2.45) is 5.41 Å². The zero-order chi connectivity index (χ0) is 15.7. The van der Waals surface area contributed by atoms with Crippen molar-refractivity contribution in [3.8, 4) is 6.01 Å². The van der Waals surface area contributed by atoms with Crippen LogP contribution in [0.3, 0.4) is 0 Å². The third kappa shape index (κ3) is 3.08. The van der Waals surface area contributed by atoms with Crippen molar-refractivity contribution in [1.29, 1.82) is 0 Å². The molecule has 1 N–H and O–H groups in total. The van der Waals surface area contributed by atoms with Gasteiger partial charge in [-0.1, -0.05) is 0 Å². The van der Waals surface area contributed by atoms with Crippen molar-refractivity contribution in [3.63, 3.8) is 0 Å². The van der Waals surface area contributed by atoms with E-state index in [0.717, 1.165) is 42.0 Å². The lowest BCUT2D eigenvalue weighted by atomic mass is 9.53. The number of hydrogen-bond donors (Lipinski definition) is 2. The summed E-state index contributed by atoms with van der Waals surface area (Å²) in [5, 5.41) is 2.95. The molecule has 120 valence electrons. The molecule has 0 bridgehead atoms. The lowest BCUT2D eigenvalue weighted by Gasteiger charge is -2.56. The highest BCUT2D eigenvalue weighted by molar-refractivity contribution is 7.90. The Morgan fingerprint density at radius 1 is 1.32 bits per heavy atom. The number of hydrogen-bond acceptors (Lipinski definition) is 6. The van der Waals surface area contributed by atoms with Crippen LogP contribution in [0.5, 0.6) is 6.01 Å².